The Labute approximate surface area is 119 Å². The van der Waals surface area contributed by atoms with E-state index in [1.165, 1.54) is 21.8 Å². The molecule has 0 aliphatic carbocycles. The summed E-state index contributed by atoms with van der Waals surface area (Å²) >= 11 is 2.97. The second kappa shape index (κ2) is 5.08. The summed E-state index contributed by atoms with van der Waals surface area (Å²) in [6.45, 7) is 0. The summed E-state index contributed by atoms with van der Waals surface area (Å²) in [6.07, 6.45) is 0.750. The van der Waals surface area contributed by atoms with Crippen molar-refractivity contribution in [2.45, 2.75) is 16.6 Å². The molecule has 0 spiro atoms. The van der Waals surface area contributed by atoms with Crippen LogP contribution in [0.25, 0.3) is 0 Å². The first-order valence-electron chi connectivity index (χ1n) is 5.81. The lowest BCUT2D eigenvalue weighted by molar-refractivity contribution is -0.115. The summed E-state index contributed by atoms with van der Waals surface area (Å²) in [5, 5.41) is 14.1. The standard InChI is InChI=1S/C14H10N2OS2/c15-8-10-5-6-18-14(10)16-13(17)12-7-9-3-1-2-4-11(9)19-12/h1-6,12H,7H2,(H,16,17)/t12-/m0/s1. The topological polar surface area (TPSA) is 52.9 Å². The predicted molar refractivity (Wildman–Crippen MR) is 77.5 cm³/mol. The van der Waals surface area contributed by atoms with Crippen LogP contribution in [-0.4, -0.2) is 11.2 Å². The van der Waals surface area contributed by atoms with E-state index in [1.807, 2.05) is 23.6 Å². The van der Waals surface area contributed by atoms with Crippen LogP contribution in [0.2, 0.25) is 0 Å². The number of thioether (sulfide) groups is 1. The molecule has 0 bridgehead atoms. The minimum absolute atomic E-state index is 0.0276. The summed E-state index contributed by atoms with van der Waals surface area (Å²) < 4.78 is 0. The first kappa shape index (κ1) is 12.3. The van der Waals surface area contributed by atoms with Crippen molar-refractivity contribution in [3.8, 4) is 6.07 Å². The van der Waals surface area contributed by atoms with Crippen LogP contribution in [0.3, 0.4) is 0 Å². The Morgan fingerprint density at radius 3 is 3.00 bits per heavy atom. The lowest BCUT2D eigenvalue weighted by atomic mass is 10.1. The molecule has 0 radical (unpaired) electrons. The van der Waals surface area contributed by atoms with Crippen LogP contribution in [0.4, 0.5) is 5.00 Å². The molecular formula is C14H10N2OS2. The maximum absolute atomic E-state index is 12.2. The van der Waals surface area contributed by atoms with Crippen LogP contribution in [0.1, 0.15) is 11.1 Å². The Morgan fingerprint density at radius 1 is 1.37 bits per heavy atom. The molecule has 2 aromatic rings. The van der Waals surface area contributed by atoms with Crippen LogP contribution >= 0.6 is 23.1 Å². The fraction of sp³-hybridized carbons (Fsp3) is 0.143. The smallest absolute Gasteiger partial charge is 0.238 e. The van der Waals surface area contributed by atoms with Crippen molar-refractivity contribution in [3.63, 3.8) is 0 Å². The van der Waals surface area contributed by atoms with E-state index >= 15 is 0 Å². The van der Waals surface area contributed by atoms with Crippen molar-refractivity contribution in [2.75, 3.05) is 5.32 Å². The van der Waals surface area contributed by atoms with E-state index in [0.717, 1.165) is 6.42 Å². The van der Waals surface area contributed by atoms with Gasteiger partial charge < -0.3 is 5.32 Å². The molecule has 0 fully saturated rings. The van der Waals surface area contributed by atoms with Gasteiger partial charge in [0.2, 0.25) is 5.91 Å². The van der Waals surface area contributed by atoms with Gasteiger partial charge in [0.1, 0.15) is 11.1 Å². The summed E-state index contributed by atoms with van der Waals surface area (Å²) in [4.78, 5) is 13.4. The molecule has 3 nitrogen and oxygen atoms in total. The van der Waals surface area contributed by atoms with Crippen molar-refractivity contribution in [2.24, 2.45) is 0 Å². The van der Waals surface area contributed by atoms with E-state index in [9.17, 15) is 4.79 Å². The van der Waals surface area contributed by atoms with Crippen molar-refractivity contribution >= 4 is 34.0 Å². The quantitative estimate of drug-likeness (QED) is 0.921. The van der Waals surface area contributed by atoms with E-state index < -0.39 is 0 Å². The molecule has 1 aromatic carbocycles. The number of nitrogens with one attached hydrogen (secondary N) is 1. The molecule has 2 heterocycles. The van der Waals surface area contributed by atoms with Crippen LogP contribution in [-0.2, 0) is 11.2 Å². The summed E-state index contributed by atoms with van der Waals surface area (Å²) in [5.74, 6) is -0.0276. The molecule has 1 aromatic heterocycles. The molecule has 0 saturated carbocycles. The number of rotatable bonds is 2. The molecule has 0 saturated heterocycles. The third-order valence-corrected chi connectivity index (χ3v) is 5.11. The third-order valence-electron chi connectivity index (χ3n) is 2.96. The monoisotopic (exact) mass is 286 g/mol. The zero-order valence-corrected chi connectivity index (χ0v) is 11.6. The van der Waals surface area contributed by atoms with Gasteiger partial charge in [0, 0.05) is 4.90 Å². The molecule has 5 heteroatoms. The second-order valence-corrected chi connectivity index (χ2v) is 6.34. The number of nitrogens with zero attached hydrogens (tertiary/aromatic N) is 1. The van der Waals surface area contributed by atoms with Gasteiger partial charge in [0.15, 0.2) is 0 Å². The zero-order valence-electron chi connectivity index (χ0n) is 9.92. The Kier molecular flexibility index (Phi) is 3.28. The number of fused-ring (bicyclic) bond motifs is 1. The minimum atomic E-state index is -0.106. The minimum Gasteiger partial charge on any atom is -0.316 e. The average molecular weight is 286 g/mol. The van der Waals surface area contributed by atoms with Crippen LogP contribution in [0, 0.1) is 11.3 Å². The highest BCUT2D eigenvalue weighted by Crippen LogP contribution is 2.37. The van der Waals surface area contributed by atoms with Gasteiger partial charge in [-0.05, 0) is 29.5 Å². The van der Waals surface area contributed by atoms with E-state index in [0.29, 0.717) is 10.6 Å². The molecule has 1 atom stereocenters. The third kappa shape index (κ3) is 2.37. The van der Waals surface area contributed by atoms with E-state index in [1.54, 1.807) is 17.8 Å². The lowest BCUT2D eigenvalue weighted by Crippen LogP contribution is -2.24. The number of thiophene rings is 1. The predicted octanol–water partition coefficient (Wildman–Crippen LogP) is 3.28. The van der Waals surface area contributed by atoms with Gasteiger partial charge in [-0.25, -0.2) is 0 Å². The van der Waals surface area contributed by atoms with Crippen LogP contribution < -0.4 is 5.32 Å². The summed E-state index contributed by atoms with van der Waals surface area (Å²) in [5.41, 5.74) is 1.75. The van der Waals surface area contributed by atoms with Gasteiger partial charge in [0.05, 0.1) is 10.8 Å². The molecule has 0 unspecified atom stereocenters. The first-order valence-corrected chi connectivity index (χ1v) is 7.57. The molecule has 94 valence electrons. The number of carbonyl (C=O) groups is 1. The Hall–Kier alpha value is -1.77. The highest BCUT2D eigenvalue weighted by molar-refractivity contribution is 8.01. The number of nitriles is 1. The van der Waals surface area contributed by atoms with E-state index in [4.69, 9.17) is 5.26 Å². The Morgan fingerprint density at radius 2 is 2.21 bits per heavy atom. The van der Waals surface area contributed by atoms with Crippen molar-refractivity contribution in [1.29, 1.82) is 5.26 Å². The molecule has 3 rings (SSSR count). The number of hydrogen-bond acceptors (Lipinski definition) is 4. The molecule has 19 heavy (non-hydrogen) atoms. The fourth-order valence-electron chi connectivity index (χ4n) is 2.01. The van der Waals surface area contributed by atoms with Gasteiger partial charge in [0.25, 0.3) is 0 Å². The largest absolute Gasteiger partial charge is 0.316 e. The highest BCUT2D eigenvalue weighted by Gasteiger charge is 2.28. The SMILES string of the molecule is N#Cc1ccsc1NC(=O)[C@@H]1Cc2ccccc2S1. The number of amides is 1. The van der Waals surface area contributed by atoms with Crippen molar-refractivity contribution < 1.29 is 4.79 Å². The van der Waals surface area contributed by atoms with Gasteiger partial charge in [-0.2, -0.15) is 5.26 Å². The maximum atomic E-state index is 12.2. The molecule has 1 aliphatic rings. The van der Waals surface area contributed by atoms with Gasteiger partial charge in [-0.1, -0.05) is 18.2 Å². The first-order chi connectivity index (χ1) is 9.28. The Bertz CT molecular complexity index is 647. The number of anilines is 1. The van der Waals surface area contributed by atoms with Gasteiger partial charge in [-0.15, -0.1) is 23.1 Å². The Balaban J connectivity index is 1.72. The van der Waals surface area contributed by atoms with Crippen LogP contribution in [0.5, 0.6) is 0 Å². The summed E-state index contributed by atoms with van der Waals surface area (Å²) in [7, 11) is 0. The van der Waals surface area contributed by atoms with E-state index in [-0.39, 0.29) is 11.2 Å². The van der Waals surface area contributed by atoms with Crippen LogP contribution in [0.15, 0.2) is 40.6 Å². The number of benzene rings is 1. The summed E-state index contributed by atoms with van der Waals surface area (Å²) in [6, 6.07) is 11.9. The average Bonchev–Trinajstić information content (AvgIpc) is 3.03. The van der Waals surface area contributed by atoms with Gasteiger partial charge >= 0.3 is 0 Å². The normalized spacial score (nSPS) is 16.7. The number of carbonyl (C=O) groups excluding carboxylic acids is 1. The molecule has 1 amide bonds. The molecular weight excluding hydrogens is 276 g/mol. The van der Waals surface area contributed by atoms with E-state index in [2.05, 4.69) is 17.5 Å². The van der Waals surface area contributed by atoms with Crippen molar-refractivity contribution in [1.82, 2.24) is 0 Å². The molecule has 1 aliphatic heterocycles. The second-order valence-electron chi connectivity index (χ2n) is 4.18. The highest BCUT2D eigenvalue weighted by atomic mass is 32.2. The lowest BCUT2D eigenvalue weighted by Gasteiger charge is -2.08. The zero-order chi connectivity index (χ0) is 13.2. The fourth-order valence-corrected chi connectivity index (χ4v) is 3.95. The van der Waals surface area contributed by atoms with Gasteiger partial charge in [-0.3, -0.25) is 4.79 Å². The number of hydrogen-bond donors (Lipinski definition) is 1. The maximum Gasteiger partial charge on any atom is 0.238 e. The van der Waals surface area contributed by atoms with Crippen molar-refractivity contribution in [3.05, 3.63) is 46.8 Å². The molecule has 1 N–H and O–H groups in total.